The average Bonchev–Trinajstić information content (AvgIpc) is 2.88. The van der Waals surface area contributed by atoms with Crippen molar-refractivity contribution in [1.29, 1.82) is 0 Å². The number of carboxylic acids is 1. The zero-order valence-corrected chi connectivity index (χ0v) is 13.2. The van der Waals surface area contributed by atoms with E-state index in [0.29, 0.717) is 0 Å². The van der Waals surface area contributed by atoms with Crippen LogP contribution in [0.4, 0.5) is 0 Å². The highest BCUT2D eigenvalue weighted by molar-refractivity contribution is 5.83. The zero-order valence-electron chi connectivity index (χ0n) is 13.2. The first-order valence-electron chi connectivity index (χ1n) is 7.62. The second kappa shape index (κ2) is 6.24. The van der Waals surface area contributed by atoms with Gasteiger partial charge in [0.15, 0.2) is 5.65 Å². The van der Waals surface area contributed by atoms with Gasteiger partial charge in [-0.05, 0) is 37.3 Å². The fraction of sp³-hybridized carbons (Fsp3) is 0.562. The Morgan fingerprint density at radius 1 is 1.29 bits per heavy atom. The molecular formula is C16H23N3O2. The summed E-state index contributed by atoms with van der Waals surface area (Å²) in [6.07, 6.45) is 4.37. The molecule has 0 aliphatic carbocycles. The van der Waals surface area contributed by atoms with Gasteiger partial charge in [0.05, 0.1) is 18.7 Å². The van der Waals surface area contributed by atoms with Crippen molar-refractivity contribution >= 4 is 17.0 Å². The molecule has 2 heterocycles. The van der Waals surface area contributed by atoms with E-state index >= 15 is 0 Å². The van der Waals surface area contributed by atoms with Crippen LogP contribution in [0.5, 0.6) is 0 Å². The normalized spacial score (nSPS) is 12.8. The first-order chi connectivity index (χ1) is 10.0. The molecule has 5 heteroatoms. The van der Waals surface area contributed by atoms with Crippen molar-refractivity contribution < 1.29 is 9.90 Å². The molecule has 0 aliphatic heterocycles. The fourth-order valence-electron chi connectivity index (χ4n) is 2.76. The van der Waals surface area contributed by atoms with E-state index in [4.69, 9.17) is 10.1 Å². The van der Waals surface area contributed by atoms with Crippen LogP contribution in [-0.4, -0.2) is 25.8 Å². The van der Waals surface area contributed by atoms with Crippen molar-refractivity contribution in [2.45, 2.75) is 59.4 Å². The molecule has 0 fully saturated rings. The van der Waals surface area contributed by atoms with Crippen LogP contribution < -0.4 is 0 Å². The highest BCUT2D eigenvalue weighted by Crippen LogP contribution is 2.27. The van der Waals surface area contributed by atoms with E-state index in [0.717, 1.165) is 47.1 Å². The molecular weight excluding hydrogens is 266 g/mol. The summed E-state index contributed by atoms with van der Waals surface area (Å²) in [4.78, 5) is 15.9. The molecule has 0 saturated carbocycles. The Morgan fingerprint density at radius 3 is 2.52 bits per heavy atom. The van der Waals surface area contributed by atoms with Crippen molar-refractivity contribution in [2.75, 3.05) is 0 Å². The van der Waals surface area contributed by atoms with E-state index in [1.165, 1.54) is 0 Å². The first kappa shape index (κ1) is 15.5. The maximum Gasteiger partial charge on any atom is 0.307 e. The molecule has 5 nitrogen and oxygen atoms in total. The monoisotopic (exact) mass is 289 g/mol. The largest absolute Gasteiger partial charge is 0.481 e. The number of hydrogen-bond acceptors (Lipinski definition) is 3. The van der Waals surface area contributed by atoms with Gasteiger partial charge in [0.1, 0.15) is 0 Å². The van der Waals surface area contributed by atoms with Crippen LogP contribution >= 0.6 is 0 Å². The van der Waals surface area contributed by atoms with E-state index in [-0.39, 0.29) is 12.5 Å². The minimum absolute atomic E-state index is 0.0315. The number of nitrogens with zero attached hydrogens (tertiary/aromatic N) is 3. The SMILES string of the molecule is CCc1nc2c(cnn2C(C)CC)c(CC)c1CC(=O)O. The quantitative estimate of drug-likeness (QED) is 0.887. The van der Waals surface area contributed by atoms with E-state index < -0.39 is 5.97 Å². The number of carboxylic acid groups (broad SMARTS) is 1. The number of carbonyl (C=O) groups is 1. The second-order valence-corrected chi connectivity index (χ2v) is 5.38. The van der Waals surface area contributed by atoms with Crippen molar-refractivity contribution in [2.24, 2.45) is 0 Å². The van der Waals surface area contributed by atoms with E-state index in [1.54, 1.807) is 0 Å². The van der Waals surface area contributed by atoms with Gasteiger partial charge < -0.3 is 5.11 Å². The molecule has 114 valence electrons. The van der Waals surface area contributed by atoms with Crippen molar-refractivity contribution in [3.05, 3.63) is 23.0 Å². The van der Waals surface area contributed by atoms with Gasteiger partial charge in [-0.15, -0.1) is 0 Å². The standard InChI is InChI=1S/C16H23N3O2/c1-5-10(4)19-16-13(9-17-19)11(6-2)12(8-15(20)21)14(7-3)18-16/h9-10H,5-8H2,1-4H3,(H,20,21). The third-order valence-corrected chi connectivity index (χ3v) is 4.07. The summed E-state index contributed by atoms with van der Waals surface area (Å²) >= 11 is 0. The predicted octanol–water partition coefficient (Wildman–Crippen LogP) is 3.15. The van der Waals surface area contributed by atoms with Crippen LogP contribution in [0, 0.1) is 0 Å². The molecule has 21 heavy (non-hydrogen) atoms. The molecule has 0 aromatic carbocycles. The van der Waals surface area contributed by atoms with Crippen LogP contribution in [0.25, 0.3) is 11.0 Å². The lowest BCUT2D eigenvalue weighted by molar-refractivity contribution is -0.136. The van der Waals surface area contributed by atoms with Gasteiger partial charge in [0.2, 0.25) is 0 Å². The Hall–Kier alpha value is -1.91. The molecule has 2 rings (SSSR count). The van der Waals surface area contributed by atoms with Crippen LogP contribution in [0.15, 0.2) is 6.20 Å². The molecule has 1 atom stereocenters. The Balaban J connectivity index is 2.73. The number of hydrogen-bond donors (Lipinski definition) is 1. The van der Waals surface area contributed by atoms with E-state index in [2.05, 4.69) is 25.9 Å². The van der Waals surface area contributed by atoms with Gasteiger partial charge in [-0.1, -0.05) is 20.8 Å². The summed E-state index contributed by atoms with van der Waals surface area (Å²) in [5.74, 6) is -0.810. The maximum atomic E-state index is 11.2. The number of aromatic nitrogens is 3. The van der Waals surface area contributed by atoms with Crippen molar-refractivity contribution in [3.8, 4) is 0 Å². The van der Waals surface area contributed by atoms with Gasteiger partial charge in [0, 0.05) is 11.1 Å². The molecule has 0 amide bonds. The third kappa shape index (κ3) is 2.77. The molecule has 1 unspecified atom stereocenters. The number of aliphatic carboxylic acids is 1. The molecule has 0 aliphatic rings. The lowest BCUT2D eigenvalue weighted by Crippen LogP contribution is -2.11. The minimum Gasteiger partial charge on any atom is -0.481 e. The lowest BCUT2D eigenvalue weighted by atomic mass is 9.97. The number of fused-ring (bicyclic) bond motifs is 1. The van der Waals surface area contributed by atoms with E-state index in [1.807, 2.05) is 17.8 Å². The van der Waals surface area contributed by atoms with Gasteiger partial charge in [-0.3, -0.25) is 4.79 Å². The molecule has 0 spiro atoms. The topological polar surface area (TPSA) is 68.0 Å². The summed E-state index contributed by atoms with van der Waals surface area (Å²) < 4.78 is 1.96. The van der Waals surface area contributed by atoms with E-state index in [9.17, 15) is 4.79 Å². The highest BCUT2D eigenvalue weighted by atomic mass is 16.4. The molecule has 2 aromatic rings. The fourth-order valence-corrected chi connectivity index (χ4v) is 2.76. The Kier molecular flexibility index (Phi) is 4.60. The molecule has 0 bridgehead atoms. The summed E-state index contributed by atoms with van der Waals surface area (Å²) in [6.45, 7) is 8.32. The summed E-state index contributed by atoms with van der Waals surface area (Å²) in [6, 6.07) is 0.287. The second-order valence-electron chi connectivity index (χ2n) is 5.38. The third-order valence-electron chi connectivity index (χ3n) is 4.07. The Morgan fingerprint density at radius 2 is 2.00 bits per heavy atom. The number of aryl methyl sites for hydroxylation is 2. The van der Waals surface area contributed by atoms with Gasteiger partial charge >= 0.3 is 5.97 Å². The number of pyridine rings is 1. The molecule has 0 saturated heterocycles. The molecule has 2 aromatic heterocycles. The average molecular weight is 289 g/mol. The molecule has 0 radical (unpaired) electrons. The van der Waals surface area contributed by atoms with Crippen molar-refractivity contribution in [1.82, 2.24) is 14.8 Å². The number of rotatable bonds is 6. The summed E-state index contributed by atoms with van der Waals surface area (Å²) in [7, 11) is 0. The van der Waals surface area contributed by atoms with Gasteiger partial charge in [-0.2, -0.15) is 5.10 Å². The Bertz CT molecular complexity index is 661. The van der Waals surface area contributed by atoms with Crippen LogP contribution in [0.2, 0.25) is 0 Å². The maximum absolute atomic E-state index is 11.2. The summed E-state index contributed by atoms with van der Waals surface area (Å²) in [5.41, 5.74) is 3.71. The highest BCUT2D eigenvalue weighted by Gasteiger charge is 2.19. The predicted molar refractivity (Wildman–Crippen MR) is 82.6 cm³/mol. The van der Waals surface area contributed by atoms with Gasteiger partial charge in [-0.25, -0.2) is 9.67 Å². The lowest BCUT2D eigenvalue weighted by Gasteiger charge is -2.15. The van der Waals surface area contributed by atoms with Crippen LogP contribution in [0.3, 0.4) is 0 Å². The van der Waals surface area contributed by atoms with Crippen molar-refractivity contribution in [3.63, 3.8) is 0 Å². The van der Waals surface area contributed by atoms with Crippen LogP contribution in [-0.2, 0) is 24.1 Å². The van der Waals surface area contributed by atoms with Gasteiger partial charge in [0.25, 0.3) is 0 Å². The molecule has 1 N–H and O–H groups in total. The smallest absolute Gasteiger partial charge is 0.307 e. The minimum atomic E-state index is -0.810. The Labute approximate surface area is 125 Å². The first-order valence-corrected chi connectivity index (χ1v) is 7.62. The van der Waals surface area contributed by atoms with Crippen LogP contribution in [0.1, 0.15) is 57.0 Å². The zero-order chi connectivity index (χ0) is 15.6. The summed E-state index contributed by atoms with van der Waals surface area (Å²) in [5, 5.41) is 14.6.